The monoisotopic (exact) mass is 412 g/mol. The van der Waals surface area contributed by atoms with Crippen LogP contribution in [0.25, 0.3) is 0 Å². The standard InChI is InChI=1S/C22H18F2N2O4/c1-29-21(27)18-12-17(26-22(28)25-16-5-3-2-4-6-16)9-10-20(18)30-13-14-7-8-15(23)11-19(14)24/h2-12H,13H2,1H3,(H2,25,26,28). The number of carbonyl (C=O) groups is 2. The molecule has 0 radical (unpaired) electrons. The van der Waals surface area contributed by atoms with Crippen molar-refractivity contribution in [3.63, 3.8) is 0 Å². The number of urea groups is 1. The molecule has 0 atom stereocenters. The second-order valence-corrected chi connectivity index (χ2v) is 6.17. The molecule has 0 bridgehead atoms. The Bertz CT molecular complexity index is 1060. The molecular weight excluding hydrogens is 394 g/mol. The summed E-state index contributed by atoms with van der Waals surface area (Å²) in [6, 6.07) is 15.8. The second-order valence-electron chi connectivity index (χ2n) is 6.17. The van der Waals surface area contributed by atoms with Crippen molar-refractivity contribution in [2.24, 2.45) is 0 Å². The van der Waals surface area contributed by atoms with Crippen molar-refractivity contribution in [2.75, 3.05) is 17.7 Å². The van der Waals surface area contributed by atoms with Crippen LogP contribution in [-0.4, -0.2) is 19.1 Å². The Morgan fingerprint density at radius 1 is 0.900 bits per heavy atom. The van der Waals surface area contributed by atoms with E-state index >= 15 is 0 Å². The highest BCUT2D eigenvalue weighted by Gasteiger charge is 2.16. The summed E-state index contributed by atoms with van der Waals surface area (Å²) in [7, 11) is 1.20. The number of ether oxygens (including phenoxy) is 2. The zero-order valence-electron chi connectivity index (χ0n) is 15.9. The van der Waals surface area contributed by atoms with E-state index in [0.717, 1.165) is 12.1 Å². The fourth-order valence-corrected chi connectivity index (χ4v) is 2.61. The molecule has 8 heteroatoms. The van der Waals surface area contributed by atoms with Crippen molar-refractivity contribution < 1.29 is 27.8 Å². The first-order valence-electron chi connectivity index (χ1n) is 8.88. The number of esters is 1. The van der Waals surface area contributed by atoms with Crippen LogP contribution in [0.4, 0.5) is 25.0 Å². The van der Waals surface area contributed by atoms with Gasteiger partial charge in [-0.15, -0.1) is 0 Å². The predicted molar refractivity (Wildman–Crippen MR) is 108 cm³/mol. The largest absolute Gasteiger partial charge is 0.488 e. The Kier molecular flexibility index (Phi) is 6.59. The van der Waals surface area contributed by atoms with Gasteiger partial charge in [-0.1, -0.05) is 18.2 Å². The molecule has 3 aromatic carbocycles. The molecule has 0 heterocycles. The molecule has 0 aliphatic carbocycles. The van der Waals surface area contributed by atoms with Gasteiger partial charge in [-0.2, -0.15) is 0 Å². The zero-order valence-corrected chi connectivity index (χ0v) is 15.9. The fraction of sp³-hybridized carbons (Fsp3) is 0.0909. The summed E-state index contributed by atoms with van der Waals surface area (Å²) in [6.45, 7) is -0.225. The quantitative estimate of drug-likeness (QED) is 0.560. The Hall–Kier alpha value is -3.94. The third kappa shape index (κ3) is 5.32. The Balaban J connectivity index is 1.74. The molecule has 0 saturated heterocycles. The van der Waals surface area contributed by atoms with Crippen LogP contribution in [0.5, 0.6) is 5.75 Å². The first-order chi connectivity index (χ1) is 14.5. The van der Waals surface area contributed by atoms with Gasteiger partial charge >= 0.3 is 12.0 Å². The van der Waals surface area contributed by atoms with Crippen LogP contribution >= 0.6 is 0 Å². The van der Waals surface area contributed by atoms with Crippen LogP contribution in [0.2, 0.25) is 0 Å². The molecule has 2 N–H and O–H groups in total. The minimum Gasteiger partial charge on any atom is -0.488 e. The molecule has 0 spiro atoms. The summed E-state index contributed by atoms with van der Waals surface area (Å²) in [5.41, 5.74) is 1.09. The highest BCUT2D eigenvalue weighted by atomic mass is 19.1. The van der Waals surface area contributed by atoms with Crippen LogP contribution in [0.15, 0.2) is 66.7 Å². The number of para-hydroxylation sites is 1. The third-order valence-electron chi connectivity index (χ3n) is 4.07. The average Bonchev–Trinajstić information content (AvgIpc) is 2.73. The van der Waals surface area contributed by atoms with E-state index in [1.54, 1.807) is 24.3 Å². The van der Waals surface area contributed by atoms with E-state index in [1.165, 1.54) is 31.4 Å². The van der Waals surface area contributed by atoms with E-state index in [4.69, 9.17) is 9.47 Å². The SMILES string of the molecule is COC(=O)c1cc(NC(=O)Nc2ccccc2)ccc1OCc1ccc(F)cc1F. The molecule has 2 amide bonds. The predicted octanol–water partition coefficient (Wildman–Crippen LogP) is 4.97. The van der Waals surface area contributed by atoms with Crippen molar-refractivity contribution in [1.82, 2.24) is 0 Å². The van der Waals surface area contributed by atoms with E-state index in [1.807, 2.05) is 6.07 Å². The number of anilines is 2. The molecule has 0 saturated carbocycles. The number of carbonyl (C=O) groups excluding carboxylic acids is 2. The molecule has 3 rings (SSSR count). The molecule has 154 valence electrons. The first-order valence-corrected chi connectivity index (χ1v) is 8.88. The molecule has 6 nitrogen and oxygen atoms in total. The molecule has 0 aliphatic rings. The summed E-state index contributed by atoms with van der Waals surface area (Å²) in [4.78, 5) is 24.3. The van der Waals surface area contributed by atoms with Crippen LogP contribution in [-0.2, 0) is 11.3 Å². The fourth-order valence-electron chi connectivity index (χ4n) is 2.61. The Morgan fingerprint density at radius 2 is 1.63 bits per heavy atom. The van der Waals surface area contributed by atoms with Crippen LogP contribution in [0, 0.1) is 11.6 Å². The average molecular weight is 412 g/mol. The summed E-state index contributed by atoms with van der Waals surface area (Å²) in [6.07, 6.45) is 0. The molecule has 3 aromatic rings. The maximum atomic E-state index is 13.8. The lowest BCUT2D eigenvalue weighted by molar-refractivity contribution is 0.0595. The number of rotatable bonds is 6. The Labute approximate surface area is 171 Å². The van der Waals surface area contributed by atoms with Gasteiger partial charge in [0.05, 0.1) is 7.11 Å². The Morgan fingerprint density at radius 3 is 2.33 bits per heavy atom. The first kappa shape index (κ1) is 20.8. The number of hydrogen-bond donors (Lipinski definition) is 2. The number of amides is 2. The highest BCUT2D eigenvalue weighted by Crippen LogP contribution is 2.25. The maximum Gasteiger partial charge on any atom is 0.341 e. The van der Waals surface area contributed by atoms with Gasteiger partial charge in [-0.3, -0.25) is 0 Å². The topological polar surface area (TPSA) is 76.7 Å². The van der Waals surface area contributed by atoms with Crippen molar-refractivity contribution in [3.05, 3.63) is 89.5 Å². The maximum absolute atomic E-state index is 13.8. The summed E-state index contributed by atoms with van der Waals surface area (Å²) in [5, 5.41) is 5.27. The molecule has 30 heavy (non-hydrogen) atoms. The third-order valence-corrected chi connectivity index (χ3v) is 4.07. The lowest BCUT2D eigenvalue weighted by atomic mass is 10.1. The van der Waals surface area contributed by atoms with Gasteiger partial charge in [-0.05, 0) is 42.5 Å². The molecule has 0 aliphatic heterocycles. The summed E-state index contributed by atoms with van der Waals surface area (Å²) in [5.74, 6) is -2.03. The summed E-state index contributed by atoms with van der Waals surface area (Å²) >= 11 is 0. The second kappa shape index (κ2) is 9.51. The van der Waals surface area contributed by atoms with E-state index in [0.29, 0.717) is 11.4 Å². The molecule has 0 aromatic heterocycles. The van der Waals surface area contributed by atoms with Crippen molar-refractivity contribution in [3.8, 4) is 5.75 Å². The van der Waals surface area contributed by atoms with E-state index in [9.17, 15) is 18.4 Å². The van der Waals surface area contributed by atoms with E-state index in [2.05, 4.69) is 10.6 Å². The van der Waals surface area contributed by atoms with E-state index < -0.39 is 23.6 Å². The van der Waals surface area contributed by atoms with Gasteiger partial charge in [0.2, 0.25) is 0 Å². The number of benzene rings is 3. The van der Waals surface area contributed by atoms with Gasteiger partial charge in [0.25, 0.3) is 0 Å². The minimum absolute atomic E-state index is 0.0394. The van der Waals surface area contributed by atoms with E-state index in [-0.39, 0.29) is 23.5 Å². The smallest absolute Gasteiger partial charge is 0.341 e. The van der Waals surface area contributed by atoms with Crippen molar-refractivity contribution in [1.29, 1.82) is 0 Å². The van der Waals surface area contributed by atoms with Gasteiger partial charge in [-0.25, -0.2) is 18.4 Å². The number of halogens is 2. The lowest BCUT2D eigenvalue weighted by Gasteiger charge is -2.13. The van der Waals surface area contributed by atoms with Gasteiger partial charge in [0.15, 0.2) is 0 Å². The summed E-state index contributed by atoms with van der Waals surface area (Å²) < 4.78 is 37.1. The lowest BCUT2D eigenvalue weighted by Crippen LogP contribution is -2.19. The minimum atomic E-state index is -0.759. The molecule has 0 unspecified atom stereocenters. The number of methoxy groups -OCH3 is 1. The van der Waals surface area contributed by atoms with Gasteiger partial charge in [0.1, 0.15) is 29.6 Å². The highest BCUT2D eigenvalue weighted by molar-refractivity contribution is 6.01. The zero-order chi connectivity index (χ0) is 21.5. The van der Waals surface area contributed by atoms with Crippen molar-refractivity contribution in [2.45, 2.75) is 6.61 Å². The normalized spacial score (nSPS) is 10.2. The van der Waals surface area contributed by atoms with Crippen LogP contribution in [0.1, 0.15) is 15.9 Å². The van der Waals surface area contributed by atoms with Gasteiger partial charge < -0.3 is 20.1 Å². The van der Waals surface area contributed by atoms with Crippen molar-refractivity contribution >= 4 is 23.4 Å². The number of hydrogen-bond acceptors (Lipinski definition) is 4. The van der Waals surface area contributed by atoms with Gasteiger partial charge in [0, 0.05) is 23.0 Å². The van der Waals surface area contributed by atoms with Crippen LogP contribution in [0.3, 0.4) is 0 Å². The van der Waals surface area contributed by atoms with Crippen LogP contribution < -0.4 is 15.4 Å². The number of nitrogens with one attached hydrogen (secondary N) is 2. The molecular formula is C22H18F2N2O4. The molecule has 0 fully saturated rings.